The number of nitrogens with zero attached hydrogens (tertiary/aromatic N) is 3. The van der Waals surface area contributed by atoms with Crippen molar-refractivity contribution in [3.05, 3.63) is 198 Å². The third-order valence-electron chi connectivity index (χ3n) is 16.5. The van der Waals surface area contributed by atoms with Gasteiger partial charge in [0.1, 0.15) is 16.7 Å². The zero-order valence-corrected chi connectivity index (χ0v) is 53.5. The van der Waals surface area contributed by atoms with Crippen molar-refractivity contribution in [2.24, 2.45) is 0 Å². The van der Waals surface area contributed by atoms with Crippen molar-refractivity contribution in [2.75, 3.05) is 0 Å². The van der Waals surface area contributed by atoms with E-state index in [0.717, 1.165) is 119 Å². The zero-order valence-electron chi connectivity index (χ0n) is 51.1. The molecular formula is C78H84IrN3O3. The van der Waals surface area contributed by atoms with E-state index in [2.05, 4.69) is 151 Å². The molecule has 7 heteroatoms. The molecule has 0 saturated carbocycles. The zero-order chi connectivity index (χ0) is 58.0. The predicted molar refractivity (Wildman–Crippen MR) is 353 cm³/mol. The van der Waals surface area contributed by atoms with Crippen molar-refractivity contribution in [3.8, 4) is 33.8 Å². The number of aryl methyl sites for hydroxylation is 6. The summed E-state index contributed by atoms with van der Waals surface area (Å²) in [6.07, 6.45) is 33.2. The number of fused-ring (bicyclic) bond motifs is 9. The van der Waals surface area contributed by atoms with Gasteiger partial charge in [-0.25, -0.2) is 0 Å². The SMILES string of the molecule is CCCCCCCCc1ccc(-c2[c-]ccc3c2oc2ccc(C)cc23)nc1.CCCCCCCCc1ccc(-c2[c-]ccc3c2oc2ccc(C)cc23)nc1.CCCCCCCCc1ccc(-c2[c-]ccc3c2oc2ccc(C)cc23)nc1.[Ir+3]. The maximum Gasteiger partial charge on any atom is 3.00 e. The predicted octanol–water partition coefficient (Wildman–Crippen LogP) is 23.0. The fourth-order valence-electron chi connectivity index (χ4n) is 11.6. The van der Waals surface area contributed by atoms with Crippen LogP contribution < -0.4 is 0 Å². The number of hydrogen-bond donors (Lipinski definition) is 0. The summed E-state index contributed by atoms with van der Waals surface area (Å²) < 4.78 is 18.5. The molecule has 12 rings (SSSR count). The van der Waals surface area contributed by atoms with Crippen molar-refractivity contribution < 1.29 is 33.4 Å². The van der Waals surface area contributed by atoms with Crippen molar-refractivity contribution in [2.45, 2.75) is 176 Å². The average molecular weight is 1300 g/mol. The second-order valence-electron chi connectivity index (χ2n) is 23.3. The molecule has 6 aromatic heterocycles. The first-order chi connectivity index (χ1) is 41.3. The summed E-state index contributed by atoms with van der Waals surface area (Å²) in [5.74, 6) is 0. The summed E-state index contributed by atoms with van der Waals surface area (Å²) in [5, 5.41) is 6.86. The number of furan rings is 3. The maximum atomic E-state index is 6.16. The second-order valence-corrected chi connectivity index (χ2v) is 23.3. The Morgan fingerprint density at radius 1 is 0.318 bits per heavy atom. The van der Waals surface area contributed by atoms with Crippen molar-refractivity contribution >= 4 is 65.8 Å². The topological polar surface area (TPSA) is 78.1 Å². The number of aromatic nitrogens is 3. The molecule has 0 saturated heterocycles. The number of pyridine rings is 3. The molecule has 0 aliphatic rings. The maximum absolute atomic E-state index is 6.16. The summed E-state index contributed by atoms with van der Waals surface area (Å²) in [6, 6.07) is 54.1. The van der Waals surface area contributed by atoms with E-state index in [9.17, 15) is 0 Å². The van der Waals surface area contributed by atoms with Crippen molar-refractivity contribution in [1.29, 1.82) is 0 Å². The molecule has 0 radical (unpaired) electrons. The minimum absolute atomic E-state index is 0. The molecule has 0 atom stereocenters. The standard InChI is InChI=1S/3C26H28NO.Ir/c3*1-3-4-5-6-7-8-10-20-14-15-24(27-18-20)22-12-9-11-21-23-17-19(2)13-16-25(23)28-26(21)22;/h3*9,11,13-18H,3-8,10H2,1-2H3;/q3*-1;+3. The summed E-state index contributed by atoms with van der Waals surface area (Å²) in [6.45, 7) is 13.1. The molecular weight excluding hydrogens is 1220 g/mol. The normalized spacial score (nSPS) is 11.4. The fourth-order valence-corrected chi connectivity index (χ4v) is 11.6. The van der Waals surface area contributed by atoms with Gasteiger partial charge in [-0.1, -0.05) is 221 Å². The Morgan fingerprint density at radius 3 is 0.871 bits per heavy atom. The van der Waals surface area contributed by atoms with Gasteiger partial charge in [-0.2, -0.15) is 0 Å². The molecule has 0 fully saturated rings. The van der Waals surface area contributed by atoms with Crippen LogP contribution in [0.25, 0.3) is 99.6 Å². The minimum Gasteiger partial charge on any atom is -0.501 e. The van der Waals surface area contributed by atoms with E-state index in [-0.39, 0.29) is 20.1 Å². The minimum atomic E-state index is 0. The molecule has 0 N–H and O–H groups in total. The third-order valence-corrected chi connectivity index (χ3v) is 16.5. The average Bonchev–Trinajstić information content (AvgIpc) is 3.18. The molecule has 12 aromatic rings. The van der Waals surface area contributed by atoms with Gasteiger partial charge in [0.05, 0.1) is 16.7 Å². The first-order valence-corrected chi connectivity index (χ1v) is 31.6. The van der Waals surface area contributed by atoms with E-state index < -0.39 is 0 Å². The van der Waals surface area contributed by atoms with Crippen LogP contribution in [0.3, 0.4) is 0 Å². The van der Waals surface area contributed by atoms with Gasteiger partial charge in [0, 0.05) is 34.7 Å². The molecule has 6 aromatic carbocycles. The van der Waals surface area contributed by atoms with Gasteiger partial charge >= 0.3 is 20.1 Å². The first-order valence-electron chi connectivity index (χ1n) is 31.6. The molecule has 0 aliphatic heterocycles. The Bertz CT molecular complexity index is 3600. The molecule has 0 aliphatic carbocycles. The van der Waals surface area contributed by atoms with E-state index in [1.54, 1.807) is 0 Å². The molecule has 6 heterocycles. The Labute approximate surface area is 518 Å². The number of rotatable bonds is 24. The molecule has 0 amide bonds. The smallest absolute Gasteiger partial charge is 0.501 e. The van der Waals surface area contributed by atoms with Gasteiger partial charge in [0.25, 0.3) is 0 Å². The van der Waals surface area contributed by atoms with Gasteiger partial charge in [-0.3, -0.25) is 0 Å². The van der Waals surface area contributed by atoms with Crippen LogP contribution >= 0.6 is 0 Å². The molecule has 85 heavy (non-hydrogen) atoms. The largest absolute Gasteiger partial charge is 3.00 e. The van der Waals surface area contributed by atoms with Crippen LogP contribution in [-0.4, -0.2) is 15.0 Å². The Hall–Kier alpha value is -7.18. The van der Waals surface area contributed by atoms with Crippen LogP contribution in [0.2, 0.25) is 0 Å². The molecule has 0 spiro atoms. The number of hydrogen-bond acceptors (Lipinski definition) is 6. The fraction of sp³-hybridized carbons (Fsp3) is 0.346. The Morgan fingerprint density at radius 2 is 0.600 bits per heavy atom. The van der Waals surface area contributed by atoms with E-state index in [1.165, 1.54) is 149 Å². The van der Waals surface area contributed by atoms with Gasteiger partial charge < -0.3 is 28.2 Å². The van der Waals surface area contributed by atoms with Gasteiger partial charge in [-0.15, -0.1) is 54.6 Å². The Kier molecular flexibility index (Phi) is 22.9. The Balaban J connectivity index is 0.000000152. The second kappa shape index (κ2) is 31.3. The van der Waals surface area contributed by atoms with Gasteiger partial charge in [0.15, 0.2) is 0 Å². The first kappa shape index (κ1) is 62.4. The summed E-state index contributed by atoms with van der Waals surface area (Å²) in [7, 11) is 0. The van der Waals surface area contributed by atoms with Crippen LogP contribution in [0.5, 0.6) is 0 Å². The number of unbranched alkanes of at least 4 members (excludes halogenated alkanes) is 15. The molecule has 438 valence electrons. The third kappa shape index (κ3) is 16.0. The monoisotopic (exact) mass is 1300 g/mol. The van der Waals surface area contributed by atoms with Gasteiger partial charge in [-0.05, 0) is 129 Å². The van der Waals surface area contributed by atoms with Crippen LogP contribution in [0, 0.1) is 39.0 Å². The van der Waals surface area contributed by atoms with E-state index >= 15 is 0 Å². The summed E-state index contributed by atoms with van der Waals surface area (Å²) >= 11 is 0. The van der Waals surface area contributed by atoms with Gasteiger partial charge in [0.2, 0.25) is 0 Å². The van der Waals surface area contributed by atoms with E-state index in [4.69, 9.17) is 28.2 Å². The molecule has 6 nitrogen and oxygen atoms in total. The molecule has 0 bridgehead atoms. The van der Waals surface area contributed by atoms with Crippen molar-refractivity contribution in [3.63, 3.8) is 0 Å². The van der Waals surface area contributed by atoms with Crippen LogP contribution in [0.4, 0.5) is 0 Å². The summed E-state index contributed by atoms with van der Waals surface area (Å²) in [4.78, 5) is 14.2. The van der Waals surface area contributed by atoms with E-state index in [1.807, 2.05) is 55.0 Å². The van der Waals surface area contributed by atoms with Crippen LogP contribution in [-0.2, 0) is 39.4 Å². The van der Waals surface area contributed by atoms with Crippen LogP contribution in [0.1, 0.15) is 170 Å². The molecule has 0 unspecified atom stereocenters. The van der Waals surface area contributed by atoms with Crippen molar-refractivity contribution in [1.82, 2.24) is 15.0 Å². The number of benzene rings is 6. The van der Waals surface area contributed by atoms with Crippen LogP contribution in [0.15, 0.2) is 159 Å². The summed E-state index contributed by atoms with van der Waals surface area (Å²) in [5.41, 5.74) is 18.6. The van der Waals surface area contributed by atoms with E-state index in [0.29, 0.717) is 0 Å². The quantitative estimate of drug-likeness (QED) is 0.0443.